The summed E-state index contributed by atoms with van der Waals surface area (Å²) in [6.07, 6.45) is 3.74. The van der Waals surface area contributed by atoms with Crippen LogP contribution in [0.1, 0.15) is 11.1 Å². The van der Waals surface area contributed by atoms with Gasteiger partial charge in [0.25, 0.3) is 0 Å². The van der Waals surface area contributed by atoms with Gasteiger partial charge in [0, 0.05) is 11.5 Å². The molecule has 0 bridgehead atoms. The lowest BCUT2D eigenvalue weighted by atomic mass is 10.1. The molecule has 0 unspecified atom stereocenters. The van der Waals surface area contributed by atoms with E-state index in [0.29, 0.717) is 0 Å². The van der Waals surface area contributed by atoms with Crippen LogP contribution in [-0.4, -0.2) is 9.78 Å². The van der Waals surface area contributed by atoms with Crippen LogP contribution in [0.25, 0.3) is 5.69 Å². The monoisotopic (exact) mass is 328 g/mol. The van der Waals surface area contributed by atoms with Crippen molar-refractivity contribution < 1.29 is 0 Å². The fourth-order valence-corrected chi connectivity index (χ4v) is 2.21. The molecule has 2 rings (SSSR count). The number of aryl methyl sites for hydroxylation is 1. The van der Waals surface area contributed by atoms with Crippen LogP contribution in [0, 0.1) is 6.92 Å². The highest BCUT2D eigenvalue weighted by Gasteiger charge is 2.05. The maximum absolute atomic E-state index is 4.27. The minimum absolute atomic E-state index is 0.835. The van der Waals surface area contributed by atoms with Crippen LogP contribution in [0.5, 0.6) is 0 Å². The summed E-state index contributed by atoms with van der Waals surface area (Å²) in [4.78, 5) is 0. The zero-order valence-corrected chi connectivity index (χ0v) is 11.4. The molecule has 0 aliphatic heterocycles. The van der Waals surface area contributed by atoms with Crippen LogP contribution in [0.2, 0.25) is 0 Å². The molecule has 1 heterocycles. The Labute approximate surface area is 106 Å². The van der Waals surface area contributed by atoms with Crippen molar-refractivity contribution in [1.82, 2.24) is 9.78 Å². The maximum atomic E-state index is 4.27. The zero-order valence-electron chi connectivity index (χ0n) is 8.24. The van der Waals surface area contributed by atoms with Gasteiger partial charge in [0.1, 0.15) is 0 Å². The third-order valence-electron chi connectivity index (χ3n) is 2.18. The Bertz CT molecular complexity index is 477. The predicted molar refractivity (Wildman–Crippen MR) is 68.6 cm³/mol. The molecule has 0 aliphatic rings. The van der Waals surface area contributed by atoms with Crippen LogP contribution >= 0.6 is 31.9 Å². The summed E-state index contributed by atoms with van der Waals surface area (Å²) in [5.74, 6) is 0. The van der Waals surface area contributed by atoms with Crippen LogP contribution in [0.15, 0.2) is 35.1 Å². The van der Waals surface area contributed by atoms with E-state index in [-0.39, 0.29) is 0 Å². The van der Waals surface area contributed by atoms with E-state index >= 15 is 0 Å². The first-order chi connectivity index (χ1) is 7.20. The smallest absolute Gasteiger partial charge is 0.0686 e. The van der Waals surface area contributed by atoms with Gasteiger partial charge in [0.05, 0.1) is 16.4 Å². The Hall–Kier alpha value is -0.610. The van der Waals surface area contributed by atoms with Gasteiger partial charge in [-0.2, -0.15) is 5.10 Å². The Morgan fingerprint density at radius 2 is 2.20 bits per heavy atom. The van der Waals surface area contributed by atoms with Crippen LogP contribution in [-0.2, 0) is 5.33 Å². The summed E-state index contributed by atoms with van der Waals surface area (Å²) < 4.78 is 2.86. The van der Waals surface area contributed by atoms with Gasteiger partial charge in [-0.15, -0.1) is 0 Å². The van der Waals surface area contributed by atoms with Crippen molar-refractivity contribution in [2.45, 2.75) is 12.3 Å². The van der Waals surface area contributed by atoms with Gasteiger partial charge in [-0.1, -0.05) is 33.6 Å². The quantitative estimate of drug-likeness (QED) is 0.765. The summed E-state index contributed by atoms with van der Waals surface area (Å²) in [7, 11) is 0. The van der Waals surface area contributed by atoms with E-state index in [0.717, 1.165) is 15.5 Å². The average Bonchev–Trinajstić information content (AvgIpc) is 2.64. The van der Waals surface area contributed by atoms with Gasteiger partial charge in [0.15, 0.2) is 0 Å². The van der Waals surface area contributed by atoms with Crippen molar-refractivity contribution in [2.75, 3.05) is 0 Å². The molecule has 78 valence electrons. The number of halogens is 2. The number of benzene rings is 1. The topological polar surface area (TPSA) is 17.8 Å². The lowest BCUT2D eigenvalue weighted by Gasteiger charge is -2.07. The number of alkyl halides is 1. The lowest BCUT2D eigenvalue weighted by Crippen LogP contribution is -1.98. The maximum Gasteiger partial charge on any atom is 0.0686 e. The Balaban J connectivity index is 2.52. The molecule has 2 aromatic rings. The molecule has 0 N–H and O–H groups in total. The summed E-state index contributed by atoms with van der Waals surface area (Å²) in [6, 6.07) is 6.35. The second-order valence-corrected chi connectivity index (χ2v) is 4.85. The molecule has 0 saturated carbocycles. The summed E-state index contributed by atoms with van der Waals surface area (Å²) in [6.45, 7) is 2.09. The molecule has 0 saturated heterocycles. The van der Waals surface area contributed by atoms with Crippen molar-refractivity contribution in [3.8, 4) is 5.69 Å². The van der Waals surface area contributed by atoms with E-state index in [4.69, 9.17) is 0 Å². The molecule has 1 aromatic heterocycles. The fourth-order valence-electron chi connectivity index (χ4n) is 1.48. The summed E-state index contributed by atoms with van der Waals surface area (Å²) in [5.41, 5.74) is 3.62. The van der Waals surface area contributed by atoms with E-state index in [9.17, 15) is 0 Å². The second-order valence-electron chi connectivity index (χ2n) is 3.37. The summed E-state index contributed by atoms with van der Waals surface area (Å²) in [5, 5.41) is 5.11. The van der Waals surface area contributed by atoms with E-state index < -0.39 is 0 Å². The highest BCUT2D eigenvalue weighted by molar-refractivity contribution is 9.10. The molecule has 0 fully saturated rings. The van der Waals surface area contributed by atoms with Crippen molar-refractivity contribution in [3.05, 3.63) is 46.2 Å². The number of aromatic nitrogens is 2. The molecule has 0 amide bonds. The molecule has 2 nitrogen and oxygen atoms in total. The van der Waals surface area contributed by atoms with Gasteiger partial charge >= 0.3 is 0 Å². The van der Waals surface area contributed by atoms with E-state index in [1.807, 2.05) is 10.9 Å². The highest BCUT2D eigenvalue weighted by atomic mass is 79.9. The van der Waals surface area contributed by atoms with Gasteiger partial charge < -0.3 is 0 Å². The van der Waals surface area contributed by atoms with E-state index in [2.05, 4.69) is 62.1 Å². The molecule has 0 spiro atoms. The molecule has 1 aromatic carbocycles. The molecule has 0 aliphatic carbocycles. The first-order valence-corrected chi connectivity index (χ1v) is 6.48. The lowest BCUT2D eigenvalue weighted by molar-refractivity contribution is 0.871. The van der Waals surface area contributed by atoms with Crippen molar-refractivity contribution in [2.24, 2.45) is 0 Å². The van der Waals surface area contributed by atoms with Crippen molar-refractivity contribution in [3.63, 3.8) is 0 Å². The highest BCUT2D eigenvalue weighted by Crippen LogP contribution is 2.20. The average molecular weight is 330 g/mol. The van der Waals surface area contributed by atoms with Gasteiger partial charge in [-0.25, -0.2) is 4.68 Å². The number of hydrogen-bond donors (Lipinski definition) is 0. The minimum Gasteiger partial charge on any atom is -0.240 e. The van der Waals surface area contributed by atoms with Gasteiger partial charge in [0.2, 0.25) is 0 Å². The van der Waals surface area contributed by atoms with Gasteiger partial charge in [-0.3, -0.25) is 0 Å². The Morgan fingerprint density at radius 1 is 1.40 bits per heavy atom. The standard InChI is InChI=1S/C11H10Br2N2/c1-8-2-3-11(9(4-8)5-12)15-7-10(13)6-14-15/h2-4,6-7H,5H2,1H3. The predicted octanol–water partition coefficient (Wildman–Crippen LogP) is 3.84. The van der Waals surface area contributed by atoms with Gasteiger partial charge in [-0.05, 0) is 34.5 Å². The zero-order chi connectivity index (χ0) is 10.8. The normalized spacial score (nSPS) is 10.6. The van der Waals surface area contributed by atoms with E-state index in [1.54, 1.807) is 6.20 Å². The van der Waals surface area contributed by atoms with E-state index in [1.165, 1.54) is 11.1 Å². The number of nitrogens with zero attached hydrogens (tertiary/aromatic N) is 2. The molecule has 0 radical (unpaired) electrons. The minimum atomic E-state index is 0.835. The summed E-state index contributed by atoms with van der Waals surface area (Å²) >= 11 is 6.89. The van der Waals surface area contributed by atoms with Crippen LogP contribution in [0.3, 0.4) is 0 Å². The SMILES string of the molecule is Cc1ccc(-n2cc(Br)cn2)c(CBr)c1. The van der Waals surface area contributed by atoms with Crippen LogP contribution in [0.4, 0.5) is 0 Å². The third kappa shape index (κ3) is 2.32. The van der Waals surface area contributed by atoms with Crippen molar-refractivity contribution >= 4 is 31.9 Å². The van der Waals surface area contributed by atoms with Crippen molar-refractivity contribution in [1.29, 1.82) is 0 Å². The molecule has 15 heavy (non-hydrogen) atoms. The molecular weight excluding hydrogens is 320 g/mol. The number of rotatable bonds is 2. The fraction of sp³-hybridized carbons (Fsp3) is 0.182. The second kappa shape index (κ2) is 4.49. The molecular formula is C11H10Br2N2. The third-order valence-corrected chi connectivity index (χ3v) is 3.19. The first kappa shape index (κ1) is 10.9. The number of hydrogen-bond acceptors (Lipinski definition) is 1. The van der Waals surface area contributed by atoms with Crippen LogP contribution < -0.4 is 0 Å². The Kier molecular flexibility index (Phi) is 3.26. The molecule has 4 heteroatoms. The molecule has 0 atom stereocenters. The largest absolute Gasteiger partial charge is 0.240 e. The first-order valence-electron chi connectivity index (χ1n) is 4.57. The Morgan fingerprint density at radius 3 is 2.80 bits per heavy atom.